The van der Waals surface area contributed by atoms with Crippen molar-refractivity contribution in [3.05, 3.63) is 45.4 Å². The van der Waals surface area contributed by atoms with Crippen LogP contribution in [0.4, 0.5) is 5.69 Å². The van der Waals surface area contributed by atoms with Gasteiger partial charge in [0.2, 0.25) is 0 Å². The lowest BCUT2D eigenvalue weighted by Gasteiger charge is -2.09. The number of hydrogen-bond acceptors (Lipinski definition) is 3. The van der Waals surface area contributed by atoms with Crippen LogP contribution in [0.15, 0.2) is 29.3 Å². The van der Waals surface area contributed by atoms with E-state index >= 15 is 0 Å². The zero-order valence-corrected chi connectivity index (χ0v) is 17.2. The van der Waals surface area contributed by atoms with Gasteiger partial charge in [-0.05, 0) is 37.5 Å². The molecule has 0 unspecified atom stereocenters. The number of anilines is 1. The van der Waals surface area contributed by atoms with Crippen molar-refractivity contribution < 1.29 is 0 Å². The molecule has 0 saturated heterocycles. The Morgan fingerprint density at radius 1 is 1.35 bits per heavy atom. The fraction of sp³-hybridized carbons (Fsp3) is 0.412. The van der Waals surface area contributed by atoms with E-state index < -0.39 is 0 Å². The van der Waals surface area contributed by atoms with E-state index in [-0.39, 0.29) is 24.0 Å². The number of hydrogen-bond donors (Lipinski definition) is 2. The van der Waals surface area contributed by atoms with E-state index in [9.17, 15) is 0 Å². The number of benzene rings is 1. The third kappa shape index (κ3) is 6.10. The third-order valence-corrected chi connectivity index (χ3v) is 4.64. The van der Waals surface area contributed by atoms with E-state index in [1.807, 2.05) is 19.1 Å². The molecule has 0 fully saturated rings. The quantitative estimate of drug-likeness (QED) is 0.406. The summed E-state index contributed by atoms with van der Waals surface area (Å²) in [6, 6.07) is 8.27. The van der Waals surface area contributed by atoms with Crippen molar-refractivity contribution in [2.24, 2.45) is 10.7 Å². The first kappa shape index (κ1) is 19.9. The highest BCUT2D eigenvalue weighted by Gasteiger charge is 2.04. The van der Waals surface area contributed by atoms with E-state index in [4.69, 9.17) is 5.73 Å². The molecular weight excluding hydrogens is 419 g/mol. The summed E-state index contributed by atoms with van der Waals surface area (Å²) >= 11 is 1.73. The Labute approximate surface area is 159 Å². The molecule has 2 rings (SSSR count). The number of aromatic nitrogens is 1. The van der Waals surface area contributed by atoms with Gasteiger partial charge in [-0.25, -0.2) is 4.98 Å². The summed E-state index contributed by atoms with van der Waals surface area (Å²) in [5.41, 5.74) is 9.33. The molecule has 0 saturated carbocycles. The lowest BCUT2D eigenvalue weighted by molar-refractivity contribution is 0.867. The van der Waals surface area contributed by atoms with Gasteiger partial charge in [0, 0.05) is 23.5 Å². The molecule has 0 bridgehead atoms. The monoisotopic (exact) mass is 444 g/mol. The first-order chi connectivity index (χ1) is 10.5. The van der Waals surface area contributed by atoms with Gasteiger partial charge in [0.15, 0.2) is 5.96 Å². The topological polar surface area (TPSA) is 63.3 Å². The number of thiazole rings is 1. The molecule has 126 valence electrons. The van der Waals surface area contributed by atoms with Crippen LogP contribution in [-0.4, -0.2) is 17.5 Å². The molecule has 23 heavy (non-hydrogen) atoms. The van der Waals surface area contributed by atoms with Gasteiger partial charge in [0.25, 0.3) is 0 Å². The number of aliphatic imine (C=N–C) groups is 1. The molecule has 1 heterocycles. The second-order valence-electron chi connectivity index (χ2n) is 5.67. The van der Waals surface area contributed by atoms with Gasteiger partial charge in [-0.15, -0.1) is 35.3 Å². The average Bonchev–Trinajstić information content (AvgIpc) is 2.78. The van der Waals surface area contributed by atoms with E-state index in [2.05, 4.69) is 48.2 Å². The molecule has 3 N–H and O–H groups in total. The molecule has 0 aliphatic rings. The van der Waals surface area contributed by atoms with Gasteiger partial charge >= 0.3 is 0 Å². The van der Waals surface area contributed by atoms with Crippen LogP contribution in [-0.2, 0) is 6.42 Å². The summed E-state index contributed by atoms with van der Waals surface area (Å²) in [5, 5.41) is 4.27. The predicted molar refractivity (Wildman–Crippen MR) is 111 cm³/mol. The highest BCUT2D eigenvalue weighted by atomic mass is 127. The predicted octanol–water partition coefficient (Wildman–Crippen LogP) is 4.47. The van der Waals surface area contributed by atoms with Crippen molar-refractivity contribution in [2.75, 3.05) is 11.9 Å². The molecule has 1 aromatic carbocycles. The Morgan fingerprint density at radius 2 is 2.09 bits per heavy atom. The molecule has 4 nitrogen and oxygen atoms in total. The molecule has 0 aliphatic carbocycles. The van der Waals surface area contributed by atoms with Crippen LogP contribution in [0.1, 0.15) is 40.9 Å². The molecule has 0 aliphatic heterocycles. The standard InChI is InChI=1S/C17H24N4S.HI/c1-11(2)14-6-5-7-15(10-14)21-17(18)19-9-8-16-20-12(3)13(4)22-16;/h5-7,10-11H,8-9H2,1-4H3,(H3,18,19,21);1H. The summed E-state index contributed by atoms with van der Waals surface area (Å²) in [4.78, 5) is 10.2. The van der Waals surface area contributed by atoms with Crippen LogP contribution in [0.3, 0.4) is 0 Å². The number of halogens is 1. The summed E-state index contributed by atoms with van der Waals surface area (Å²) in [5.74, 6) is 0.946. The first-order valence-corrected chi connectivity index (χ1v) is 8.37. The number of nitrogens with one attached hydrogen (secondary N) is 1. The van der Waals surface area contributed by atoms with Gasteiger partial charge in [-0.3, -0.25) is 4.99 Å². The number of nitrogens with two attached hydrogens (primary N) is 1. The molecule has 0 radical (unpaired) electrons. The van der Waals surface area contributed by atoms with Gasteiger partial charge in [0.05, 0.1) is 10.7 Å². The lowest BCUT2D eigenvalue weighted by Crippen LogP contribution is -2.23. The fourth-order valence-corrected chi connectivity index (χ4v) is 3.00. The molecule has 1 aromatic heterocycles. The second-order valence-corrected chi connectivity index (χ2v) is 6.96. The van der Waals surface area contributed by atoms with Gasteiger partial charge in [0.1, 0.15) is 0 Å². The maximum Gasteiger partial charge on any atom is 0.193 e. The van der Waals surface area contributed by atoms with Crippen LogP contribution >= 0.6 is 35.3 Å². The van der Waals surface area contributed by atoms with Crippen LogP contribution < -0.4 is 11.1 Å². The molecular formula is C17H25IN4S. The minimum absolute atomic E-state index is 0. The van der Waals surface area contributed by atoms with Gasteiger partial charge in [-0.1, -0.05) is 26.0 Å². The molecule has 2 aromatic rings. The Morgan fingerprint density at radius 3 is 2.70 bits per heavy atom. The Kier molecular flexibility index (Phi) is 7.98. The van der Waals surface area contributed by atoms with Crippen molar-refractivity contribution in [2.45, 2.75) is 40.0 Å². The average molecular weight is 444 g/mol. The summed E-state index contributed by atoms with van der Waals surface area (Å²) in [7, 11) is 0. The number of nitrogens with zero attached hydrogens (tertiary/aromatic N) is 2. The Hall–Kier alpha value is -1.15. The number of rotatable bonds is 5. The van der Waals surface area contributed by atoms with E-state index in [0.717, 1.165) is 22.8 Å². The highest BCUT2D eigenvalue weighted by molar-refractivity contribution is 14.0. The zero-order valence-electron chi connectivity index (χ0n) is 14.1. The summed E-state index contributed by atoms with van der Waals surface area (Å²) in [6.45, 7) is 9.13. The smallest absolute Gasteiger partial charge is 0.193 e. The SMILES string of the molecule is Cc1nc(CCN=C(N)Nc2cccc(C(C)C)c2)sc1C.I. The molecule has 6 heteroatoms. The second kappa shape index (κ2) is 9.22. The fourth-order valence-electron chi connectivity index (χ4n) is 2.08. The van der Waals surface area contributed by atoms with Crippen molar-refractivity contribution >= 4 is 47.0 Å². The zero-order chi connectivity index (χ0) is 16.1. The van der Waals surface area contributed by atoms with E-state index in [1.165, 1.54) is 10.4 Å². The van der Waals surface area contributed by atoms with Crippen LogP contribution in [0.5, 0.6) is 0 Å². The Bertz CT molecular complexity index is 645. The van der Waals surface area contributed by atoms with Crippen molar-refractivity contribution in [1.82, 2.24) is 4.98 Å². The minimum Gasteiger partial charge on any atom is -0.370 e. The number of guanidine groups is 1. The van der Waals surface area contributed by atoms with Crippen LogP contribution in [0, 0.1) is 13.8 Å². The van der Waals surface area contributed by atoms with Crippen molar-refractivity contribution in [1.29, 1.82) is 0 Å². The number of aryl methyl sites for hydroxylation is 2. The summed E-state index contributed by atoms with van der Waals surface area (Å²) < 4.78 is 0. The van der Waals surface area contributed by atoms with Crippen molar-refractivity contribution in [3.8, 4) is 0 Å². The van der Waals surface area contributed by atoms with Gasteiger partial charge < -0.3 is 11.1 Å². The van der Waals surface area contributed by atoms with E-state index in [1.54, 1.807) is 11.3 Å². The first-order valence-electron chi connectivity index (χ1n) is 7.55. The van der Waals surface area contributed by atoms with Crippen LogP contribution in [0.25, 0.3) is 0 Å². The Balaban J connectivity index is 0.00000264. The lowest BCUT2D eigenvalue weighted by atomic mass is 10.0. The highest BCUT2D eigenvalue weighted by Crippen LogP contribution is 2.18. The maximum atomic E-state index is 5.95. The molecule has 0 amide bonds. The molecule has 0 spiro atoms. The van der Waals surface area contributed by atoms with Crippen LogP contribution in [0.2, 0.25) is 0 Å². The van der Waals surface area contributed by atoms with Crippen molar-refractivity contribution in [3.63, 3.8) is 0 Å². The largest absolute Gasteiger partial charge is 0.370 e. The maximum absolute atomic E-state index is 5.95. The summed E-state index contributed by atoms with van der Waals surface area (Å²) in [6.07, 6.45) is 0.827. The third-order valence-electron chi connectivity index (χ3n) is 3.51. The van der Waals surface area contributed by atoms with E-state index in [0.29, 0.717) is 18.4 Å². The molecule has 0 atom stereocenters. The normalized spacial score (nSPS) is 11.4. The van der Waals surface area contributed by atoms with Gasteiger partial charge in [-0.2, -0.15) is 0 Å². The minimum atomic E-state index is 0.